The van der Waals surface area contributed by atoms with Crippen LogP contribution in [0.5, 0.6) is 17.4 Å². The van der Waals surface area contributed by atoms with Gasteiger partial charge in [-0.3, -0.25) is 9.29 Å². The summed E-state index contributed by atoms with van der Waals surface area (Å²) in [5.41, 5.74) is 1.09. The number of methoxy groups -OCH3 is 3. The molecule has 0 fully saturated rings. The predicted molar refractivity (Wildman–Crippen MR) is 138 cm³/mol. The first-order valence-corrected chi connectivity index (χ1v) is 12.9. The minimum atomic E-state index is -4.13. The van der Waals surface area contributed by atoms with Crippen LogP contribution in [0.2, 0.25) is 5.02 Å². The van der Waals surface area contributed by atoms with Crippen molar-refractivity contribution >= 4 is 27.6 Å². The second kappa shape index (κ2) is 11.0. The van der Waals surface area contributed by atoms with Gasteiger partial charge >= 0.3 is 0 Å². The van der Waals surface area contributed by atoms with Crippen LogP contribution in [0.3, 0.4) is 0 Å². The van der Waals surface area contributed by atoms with Crippen molar-refractivity contribution in [2.24, 2.45) is 0 Å². The fourth-order valence-electron chi connectivity index (χ4n) is 3.60. The quantitative estimate of drug-likeness (QED) is 0.306. The number of halogens is 1. The third-order valence-electron chi connectivity index (χ3n) is 5.33. The van der Waals surface area contributed by atoms with Crippen molar-refractivity contribution in [3.05, 3.63) is 71.2 Å². The Morgan fingerprint density at radius 1 is 0.946 bits per heavy atom. The Hall–Kier alpha value is -3.87. The van der Waals surface area contributed by atoms with E-state index >= 15 is 0 Å². The molecule has 0 bridgehead atoms. The van der Waals surface area contributed by atoms with E-state index in [0.29, 0.717) is 39.3 Å². The third-order valence-corrected chi connectivity index (χ3v) is 6.83. The number of rotatable bonds is 10. The molecular weight excluding hydrogens is 522 g/mol. The molecule has 0 aliphatic rings. The van der Waals surface area contributed by atoms with E-state index < -0.39 is 21.9 Å². The summed E-state index contributed by atoms with van der Waals surface area (Å²) in [5.74, 6) is 0.447. The molecule has 0 radical (unpaired) electrons. The van der Waals surface area contributed by atoms with Crippen LogP contribution in [0.1, 0.15) is 11.7 Å². The van der Waals surface area contributed by atoms with E-state index in [1.54, 1.807) is 60.7 Å². The smallest absolute Gasteiger partial charge is 0.243 e. The van der Waals surface area contributed by atoms with Gasteiger partial charge in [-0.15, -0.1) is 10.2 Å². The second-order valence-electron chi connectivity index (χ2n) is 7.71. The number of ether oxygens (including phenoxy) is 3. The molecule has 1 atom stereocenters. The predicted octanol–water partition coefficient (Wildman–Crippen LogP) is 3.48. The number of benzene rings is 2. The molecule has 0 amide bonds. The minimum absolute atomic E-state index is 0.161. The van der Waals surface area contributed by atoms with Crippen molar-refractivity contribution in [1.82, 2.24) is 19.7 Å². The molecule has 2 aromatic carbocycles. The van der Waals surface area contributed by atoms with Gasteiger partial charge in [-0.05, 0) is 35.9 Å². The largest absolute Gasteiger partial charge is 0.494 e. The van der Waals surface area contributed by atoms with Gasteiger partial charge < -0.3 is 19.3 Å². The first kappa shape index (κ1) is 26.2. The summed E-state index contributed by atoms with van der Waals surface area (Å²) in [7, 11) is 0.293. The number of hydrogen-bond acceptors (Lipinski definition) is 9. The first-order valence-electron chi connectivity index (χ1n) is 10.9. The number of sulfonamides is 1. The Morgan fingerprint density at radius 2 is 1.59 bits per heavy atom. The lowest BCUT2D eigenvalue weighted by molar-refractivity contribution is 0.202. The van der Waals surface area contributed by atoms with Gasteiger partial charge in [0.15, 0.2) is 5.82 Å². The van der Waals surface area contributed by atoms with Crippen molar-refractivity contribution in [2.45, 2.75) is 6.10 Å². The normalized spacial score (nSPS) is 12.1. The molecule has 0 saturated carbocycles. The zero-order chi connectivity index (χ0) is 26.6. The molecule has 0 saturated heterocycles. The molecule has 37 heavy (non-hydrogen) atoms. The maximum atomic E-state index is 13.1. The Bertz CT molecular complexity index is 1470. The SMILES string of the molecule is COc1cccc(-c2nnc(NS(=O)(=O)CC(O)c3ccc(Cl)cc3)n2-c2c(OC)cccc2OC)n1. The number of hydrogen-bond donors (Lipinski definition) is 2. The number of aliphatic hydroxyl groups is 1. The van der Waals surface area contributed by atoms with Gasteiger partial charge in [-0.2, -0.15) is 0 Å². The highest BCUT2D eigenvalue weighted by Crippen LogP contribution is 2.37. The summed E-state index contributed by atoms with van der Waals surface area (Å²) in [4.78, 5) is 4.41. The van der Waals surface area contributed by atoms with E-state index in [1.165, 1.54) is 25.9 Å². The molecule has 1 unspecified atom stereocenters. The first-order chi connectivity index (χ1) is 17.8. The number of para-hydroxylation sites is 1. The zero-order valence-electron chi connectivity index (χ0n) is 20.1. The van der Waals surface area contributed by atoms with Gasteiger partial charge in [-0.25, -0.2) is 13.4 Å². The van der Waals surface area contributed by atoms with E-state index in [2.05, 4.69) is 19.9 Å². The van der Waals surface area contributed by atoms with Crippen molar-refractivity contribution in [3.8, 4) is 34.6 Å². The average molecular weight is 546 g/mol. The van der Waals surface area contributed by atoms with Crippen molar-refractivity contribution < 1.29 is 27.7 Å². The maximum absolute atomic E-state index is 13.1. The van der Waals surface area contributed by atoms with Crippen LogP contribution < -0.4 is 18.9 Å². The topological polar surface area (TPSA) is 138 Å². The van der Waals surface area contributed by atoms with Crippen molar-refractivity contribution in [3.63, 3.8) is 0 Å². The van der Waals surface area contributed by atoms with Crippen LogP contribution >= 0.6 is 11.6 Å². The summed E-state index contributed by atoms with van der Waals surface area (Å²) in [6.07, 6.45) is -1.31. The second-order valence-corrected chi connectivity index (χ2v) is 9.91. The fraction of sp³-hybridized carbons (Fsp3) is 0.208. The van der Waals surface area contributed by atoms with E-state index in [4.69, 9.17) is 25.8 Å². The van der Waals surface area contributed by atoms with Crippen molar-refractivity contribution in [1.29, 1.82) is 0 Å². The lowest BCUT2D eigenvalue weighted by Crippen LogP contribution is -2.23. The van der Waals surface area contributed by atoms with Crippen LogP contribution in [0, 0.1) is 0 Å². The molecule has 2 N–H and O–H groups in total. The minimum Gasteiger partial charge on any atom is -0.494 e. The summed E-state index contributed by atoms with van der Waals surface area (Å²) in [5, 5.41) is 19.3. The summed E-state index contributed by atoms with van der Waals surface area (Å²) in [6, 6.07) is 16.4. The van der Waals surface area contributed by atoms with Crippen LogP contribution in [-0.2, 0) is 10.0 Å². The summed E-state index contributed by atoms with van der Waals surface area (Å²) >= 11 is 5.89. The van der Waals surface area contributed by atoms with Crippen LogP contribution in [0.15, 0.2) is 60.7 Å². The van der Waals surface area contributed by atoms with Crippen molar-refractivity contribution in [2.75, 3.05) is 31.8 Å². The van der Waals surface area contributed by atoms with Crippen LogP contribution in [0.4, 0.5) is 5.95 Å². The number of nitrogens with zero attached hydrogens (tertiary/aromatic N) is 4. The van der Waals surface area contributed by atoms with E-state index in [1.807, 2.05) is 0 Å². The van der Waals surface area contributed by atoms with E-state index in [9.17, 15) is 13.5 Å². The molecule has 0 spiro atoms. The highest BCUT2D eigenvalue weighted by molar-refractivity contribution is 7.92. The average Bonchev–Trinajstić information content (AvgIpc) is 3.30. The third kappa shape index (κ3) is 5.77. The molecule has 11 nitrogen and oxygen atoms in total. The van der Waals surface area contributed by atoms with E-state index in [-0.39, 0.29) is 11.8 Å². The number of anilines is 1. The molecule has 4 aromatic rings. The Kier molecular flexibility index (Phi) is 7.81. The van der Waals surface area contributed by atoms with Gasteiger partial charge in [0.05, 0.1) is 33.2 Å². The summed E-state index contributed by atoms with van der Waals surface area (Å²) in [6.45, 7) is 0. The van der Waals surface area contributed by atoms with Gasteiger partial charge in [0.25, 0.3) is 0 Å². The monoisotopic (exact) mass is 545 g/mol. The molecule has 194 valence electrons. The van der Waals surface area contributed by atoms with Crippen LogP contribution in [0.25, 0.3) is 17.2 Å². The molecule has 13 heteroatoms. The highest BCUT2D eigenvalue weighted by atomic mass is 35.5. The summed E-state index contributed by atoms with van der Waals surface area (Å²) < 4.78 is 46.4. The van der Waals surface area contributed by atoms with Gasteiger partial charge in [0.1, 0.15) is 22.9 Å². The molecule has 0 aliphatic heterocycles. The Morgan fingerprint density at radius 3 is 2.22 bits per heavy atom. The number of pyridine rings is 1. The maximum Gasteiger partial charge on any atom is 0.243 e. The fourth-order valence-corrected chi connectivity index (χ4v) is 4.83. The lowest BCUT2D eigenvalue weighted by atomic mass is 10.1. The molecule has 2 heterocycles. The highest BCUT2D eigenvalue weighted by Gasteiger charge is 2.27. The molecule has 0 aliphatic carbocycles. The number of nitrogens with one attached hydrogen (secondary N) is 1. The molecule has 4 rings (SSSR count). The Labute approximate surface area is 218 Å². The molecular formula is C24H24ClN5O6S. The zero-order valence-corrected chi connectivity index (χ0v) is 21.7. The van der Waals surface area contributed by atoms with E-state index in [0.717, 1.165) is 0 Å². The lowest BCUT2D eigenvalue weighted by Gasteiger charge is -2.18. The Balaban J connectivity index is 1.80. The number of aromatic nitrogens is 4. The standard InChI is InChI=1S/C24H24ClN5O6S/c1-34-19-7-5-8-20(35-2)22(19)30-23(17-6-4-9-21(26-17)36-3)27-28-24(30)29-37(32,33)14-18(31)15-10-12-16(25)13-11-15/h4-13,18,31H,14H2,1-3H3,(H,28,29). The van der Waals surface area contributed by atoms with Crippen LogP contribution in [-0.4, -0.2) is 60.4 Å². The van der Waals surface area contributed by atoms with Gasteiger partial charge in [-0.1, -0.05) is 35.9 Å². The van der Waals surface area contributed by atoms with Gasteiger partial charge in [0.2, 0.25) is 21.9 Å². The molecule has 2 aromatic heterocycles. The van der Waals surface area contributed by atoms with Gasteiger partial charge in [0, 0.05) is 11.1 Å². The number of aliphatic hydroxyl groups excluding tert-OH is 1.